The maximum atomic E-state index is 13.2. The van der Waals surface area contributed by atoms with E-state index in [0.29, 0.717) is 12.1 Å². The van der Waals surface area contributed by atoms with Gasteiger partial charge in [0.25, 0.3) is 5.91 Å². The minimum atomic E-state index is -1.08. The van der Waals surface area contributed by atoms with Crippen LogP contribution in [-0.4, -0.2) is 34.6 Å². The van der Waals surface area contributed by atoms with E-state index in [1.165, 1.54) is 23.5 Å². The Morgan fingerprint density at radius 1 is 1.00 bits per heavy atom. The molecule has 1 heterocycles. The van der Waals surface area contributed by atoms with Crippen molar-refractivity contribution < 1.29 is 19.1 Å². The molecule has 1 atom stereocenters. The van der Waals surface area contributed by atoms with Crippen LogP contribution in [0.3, 0.4) is 0 Å². The number of hydrogen-bond donors (Lipinski definition) is 2. The summed E-state index contributed by atoms with van der Waals surface area (Å²) in [6, 6.07) is 21.6. The first-order valence-corrected chi connectivity index (χ1v) is 12.4. The van der Waals surface area contributed by atoms with Crippen LogP contribution in [0.2, 0.25) is 0 Å². The minimum absolute atomic E-state index is 0.208. The van der Waals surface area contributed by atoms with E-state index in [1.54, 1.807) is 24.3 Å². The largest absolute Gasteiger partial charge is 0.480 e. The van der Waals surface area contributed by atoms with E-state index in [4.69, 9.17) is 4.98 Å². The van der Waals surface area contributed by atoms with E-state index in [-0.39, 0.29) is 12.2 Å². The predicted octanol–water partition coefficient (Wildman–Crippen LogP) is 5.40. The lowest BCUT2D eigenvalue weighted by Gasteiger charge is -2.20. The maximum absolute atomic E-state index is 13.2. The molecule has 0 spiro atoms. The van der Waals surface area contributed by atoms with Crippen molar-refractivity contribution in [2.45, 2.75) is 25.9 Å². The van der Waals surface area contributed by atoms with Gasteiger partial charge in [-0.2, -0.15) is 0 Å². The lowest BCUT2D eigenvalue weighted by molar-refractivity contribution is -0.139. The molecule has 0 radical (unpaired) electrons. The van der Waals surface area contributed by atoms with Gasteiger partial charge in [-0.3, -0.25) is 4.79 Å². The molecule has 2 N–H and O–H groups in total. The number of aliphatic carboxylic acids is 1. The van der Waals surface area contributed by atoms with Crippen LogP contribution >= 0.6 is 11.3 Å². The molecular formula is C28H26FN3O3S. The van der Waals surface area contributed by atoms with Gasteiger partial charge in [-0.25, -0.2) is 14.2 Å². The molecule has 0 saturated carbocycles. The van der Waals surface area contributed by atoms with Gasteiger partial charge >= 0.3 is 5.97 Å². The average Bonchev–Trinajstić information content (AvgIpc) is 3.38. The second-order valence-electron chi connectivity index (χ2n) is 8.29. The number of benzene rings is 3. The SMILES string of the molecule is CCN(Cc1ccc(C(=O)NC(Cc2ccccc2)C(=O)O)cc1)c1nc(-c2ccc(F)cc2)cs1. The first kappa shape index (κ1) is 25.1. The molecule has 0 saturated heterocycles. The highest BCUT2D eigenvalue weighted by Gasteiger charge is 2.21. The highest BCUT2D eigenvalue weighted by atomic mass is 32.1. The number of carboxylic acids is 1. The summed E-state index contributed by atoms with van der Waals surface area (Å²) >= 11 is 1.52. The molecule has 4 aromatic rings. The number of nitrogens with zero attached hydrogens (tertiary/aromatic N) is 2. The average molecular weight is 504 g/mol. The van der Waals surface area contributed by atoms with Crippen molar-refractivity contribution in [1.82, 2.24) is 10.3 Å². The fourth-order valence-corrected chi connectivity index (χ4v) is 4.65. The van der Waals surface area contributed by atoms with E-state index in [1.807, 2.05) is 54.8 Å². The van der Waals surface area contributed by atoms with Crippen LogP contribution in [0.1, 0.15) is 28.4 Å². The summed E-state index contributed by atoms with van der Waals surface area (Å²) in [5, 5.41) is 15.0. The van der Waals surface area contributed by atoms with Gasteiger partial charge < -0.3 is 15.3 Å². The standard InChI is InChI=1S/C28H26FN3O3S/c1-2-32(28-31-25(18-36-28)21-12-14-23(29)15-13-21)17-20-8-10-22(11-9-20)26(33)30-24(27(34)35)16-19-6-4-3-5-7-19/h3-15,18,24H,2,16-17H2,1H3,(H,30,33)(H,34,35). The Balaban J connectivity index is 1.40. The highest BCUT2D eigenvalue weighted by molar-refractivity contribution is 7.14. The molecule has 0 aliphatic heterocycles. The van der Waals surface area contributed by atoms with E-state index in [2.05, 4.69) is 10.2 Å². The lowest BCUT2D eigenvalue weighted by atomic mass is 10.1. The molecule has 0 aliphatic rings. The molecule has 4 rings (SSSR count). The number of halogens is 1. The fraction of sp³-hybridized carbons (Fsp3) is 0.179. The van der Waals surface area contributed by atoms with Gasteiger partial charge in [-0.1, -0.05) is 42.5 Å². The Hall–Kier alpha value is -4.04. The number of carbonyl (C=O) groups is 2. The molecule has 1 amide bonds. The van der Waals surface area contributed by atoms with Crippen LogP contribution in [0, 0.1) is 5.82 Å². The summed E-state index contributed by atoms with van der Waals surface area (Å²) in [4.78, 5) is 31.2. The van der Waals surface area contributed by atoms with Crippen LogP contribution in [-0.2, 0) is 17.8 Å². The molecule has 184 valence electrons. The lowest BCUT2D eigenvalue weighted by Crippen LogP contribution is -2.42. The molecule has 6 nitrogen and oxygen atoms in total. The van der Waals surface area contributed by atoms with Gasteiger partial charge in [0.1, 0.15) is 11.9 Å². The van der Waals surface area contributed by atoms with Crippen molar-refractivity contribution in [3.05, 3.63) is 107 Å². The number of hydrogen-bond acceptors (Lipinski definition) is 5. The summed E-state index contributed by atoms with van der Waals surface area (Å²) in [6.45, 7) is 3.37. The van der Waals surface area contributed by atoms with Crippen molar-refractivity contribution in [3.63, 3.8) is 0 Å². The number of aromatic nitrogens is 1. The molecule has 0 aliphatic carbocycles. The molecule has 3 aromatic carbocycles. The Morgan fingerprint density at radius 3 is 2.33 bits per heavy atom. The van der Waals surface area contributed by atoms with Crippen molar-refractivity contribution >= 4 is 28.3 Å². The quantitative estimate of drug-likeness (QED) is 0.303. The van der Waals surface area contributed by atoms with Gasteiger partial charge in [0.2, 0.25) is 0 Å². The third-order valence-electron chi connectivity index (χ3n) is 5.76. The van der Waals surface area contributed by atoms with Gasteiger partial charge in [0, 0.05) is 36.0 Å². The monoisotopic (exact) mass is 503 g/mol. The number of anilines is 1. The number of nitrogens with one attached hydrogen (secondary N) is 1. The topological polar surface area (TPSA) is 82.5 Å². The smallest absolute Gasteiger partial charge is 0.326 e. The summed E-state index contributed by atoms with van der Waals surface area (Å²) in [5.74, 6) is -1.79. The predicted molar refractivity (Wildman–Crippen MR) is 140 cm³/mol. The van der Waals surface area contributed by atoms with Crippen LogP contribution in [0.4, 0.5) is 9.52 Å². The Labute approximate surface area is 213 Å². The second-order valence-corrected chi connectivity index (χ2v) is 9.12. The second kappa shape index (κ2) is 11.6. The van der Waals surface area contributed by atoms with Gasteiger partial charge in [-0.05, 0) is 54.4 Å². The van der Waals surface area contributed by atoms with Gasteiger partial charge in [-0.15, -0.1) is 11.3 Å². The van der Waals surface area contributed by atoms with Crippen molar-refractivity contribution in [2.75, 3.05) is 11.4 Å². The zero-order valence-electron chi connectivity index (χ0n) is 19.7. The zero-order chi connectivity index (χ0) is 25.5. The fourth-order valence-electron chi connectivity index (χ4n) is 3.75. The Kier molecular flexibility index (Phi) is 8.07. The van der Waals surface area contributed by atoms with Gasteiger partial charge in [0.15, 0.2) is 5.13 Å². The summed E-state index contributed by atoms with van der Waals surface area (Å²) in [7, 11) is 0. The third-order valence-corrected chi connectivity index (χ3v) is 6.66. The van der Waals surface area contributed by atoms with E-state index >= 15 is 0 Å². The number of rotatable bonds is 10. The molecule has 1 aromatic heterocycles. The number of thiazole rings is 1. The first-order chi connectivity index (χ1) is 17.4. The summed E-state index contributed by atoms with van der Waals surface area (Å²) in [6.07, 6.45) is 0.208. The van der Waals surface area contributed by atoms with E-state index in [9.17, 15) is 19.1 Å². The van der Waals surface area contributed by atoms with Crippen LogP contribution in [0.5, 0.6) is 0 Å². The van der Waals surface area contributed by atoms with Crippen molar-refractivity contribution in [1.29, 1.82) is 0 Å². The van der Waals surface area contributed by atoms with Crippen molar-refractivity contribution in [2.24, 2.45) is 0 Å². The number of carbonyl (C=O) groups excluding carboxylic acids is 1. The molecular weight excluding hydrogens is 477 g/mol. The van der Waals surface area contributed by atoms with Crippen molar-refractivity contribution in [3.8, 4) is 11.3 Å². The Bertz CT molecular complexity index is 1310. The zero-order valence-corrected chi connectivity index (χ0v) is 20.5. The summed E-state index contributed by atoms with van der Waals surface area (Å²) in [5.41, 5.74) is 3.88. The number of amides is 1. The molecule has 36 heavy (non-hydrogen) atoms. The first-order valence-electron chi connectivity index (χ1n) is 11.6. The van der Waals surface area contributed by atoms with Gasteiger partial charge in [0.05, 0.1) is 5.69 Å². The highest BCUT2D eigenvalue weighted by Crippen LogP contribution is 2.28. The normalized spacial score (nSPS) is 11.6. The third kappa shape index (κ3) is 6.34. The molecule has 0 fully saturated rings. The Morgan fingerprint density at radius 2 is 1.69 bits per heavy atom. The molecule has 1 unspecified atom stereocenters. The van der Waals surface area contributed by atoms with Crippen LogP contribution in [0.15, 0.2) is 84.2 Å². The maximum Gasteiger partial charge on any atom is 0.326 e. The van der Waals surface area contributed by atoms with E-state index < -0.39 is 17.9 Å². The summed E-state index contributed by atoms with van der Waals surface area (Å²) < 4.78 is 13.2. The minimum Gasteiger partial charge on any atom is -0.480 e. The molecule has 8 heteroatoms. The molecule has 0 bridgehead atoms. The van der Waals surface area contributed by atoms with E-state index in [0.717, 1.165) is 34.1 Å². The number of carboxylic acid groups (broad SMARTS) is 1. The van der Waals surface area contributed by atoms with Crippen LogP contribution in [0.25, 0.3) is 11.3 Å². The van der Waals surface area contributed by atoms with Crippen LogP contribution < -0.4 is 10.2 Å².